The van der Waals surface area contributed by atoms with Gasteiger partial charge in [0.25, 0.3) is 0 Å². The summed E-state index contributed by atoms with van der Waals surface area (Å²) in [6.07, 6.45) is 1.52. The van der Waals surface area contributed by atoms with Crippen molar-refractivity contribution < 1.29 is 23.7 Å². The van der Waals surface area contributed by atoms with Gasteiger partial charge in [0, 0.05) is 23.2 Å². The maximum Gasteiger partial charge on any atom is 0.231 e. The average molecular weight is 483 g/mol. The van der Waals surface area contributed by atoms with Crippen molar-refractivity contribution in [1.29, 1.82) is 0 Å². The maximum absolute atomic E-state index is 12.4. The molecule has 0 spiro atoms. The van der Waals surface area contributed by atoms with Gasteiger partial charge >= 0.3 is 0 Å². The first kappa shape index (κ1) is 20.6. The van der Waals surface area contributed by atoms with E-state index in [1.165, 1.54) is 7.11 Å². The zero-order valence-corrected chi connectivity index (χ0v) is 19.0. The van der Waals surface area contributed by atoms with Crippen LogP contribution in [0.3, 0.4) is 0 Å². The Kier molecular flexibility index (Phi) is 4.92. The number of fused-ring (bicyclic) bond motifs is 5. The summed E-state index contributed by atoms with van der Waals surface area (Å²) in [7, 11) is 3.07. The summed E-state index contributed by atoms with van der Waals surface area (Å²) in [5.41, 5.74) is 4.34. The van der Waals surface area contributed by atoms with Gasteiger partial charge in [-0.25, -0.2) is 0 Å². The number of aldehydes is 1. The molecule has 3 heterocycles. The van der Waals surface area contributed by atoms with Crippen molar-refractivity contribution in [2.24, 2.45) is 0 Å². The number of allylic oxidation sites excluding steroid dienone is 1. The van der Waals surface area contributed by atoms with Crippen molar-refractivity contribution in [3.8, 4) is 23.0 Å². The molecule has 0 aliphatic carbocycles. The van der Waals surface area contributed by atoms with Crippen molar-refractivity contribution in [2.45, 2.75) is 16.3 Å². The summed E-state index contributed by atoms with van der Waals surface area (Å²) in [4.78, 5) is 14.4. The number of alkyl halides is 3. The van der Waals surface area contributed by atoms with Crippen LogP contribution in [0.15, 0.2) is 24.3 Å². The molecule has 0 aromatic heterocycles. The zero-order valence-electron chi connectivity index (χ0n) is 16.7. The molecular weight excluding hydrogens is 465 g/mol. The van der Waals surface area contributed by atoms with Crippen LogP contribution in [0.2, 0.25) is 0 Å². The Labute approximate surface area is 194 Å². The molecule has 0 amide bonds. The molecule has 9 heteroatoms. The van der Waals surface area contributed by atoms with Crippen molar-refractivity contribution in [2.75, 3.05) is 27.6 Å². The Morgan fingerprint density at radius 2 is 1.84 bits per heavy atom. The maximum atomic E-state index is 12.4. The highest BCUT2D eigenvalue weighted by Crippen LogP contribution is 2.58. The Morgan fingerprint density at radius 3 is 2.48 bits per heavy atom. The van der Waals surface area contributed by atoms with Crippen LogP contribution >= 0.6 is 34.8 Å². The van der Waals surface area contributed by atoms with E-state index in [2.05, 4.69) is 0 Å². The van der Waals surface area contributed by atoms with E-state index >= 15 is 0 Å². The summed E-state index contributed by atoms with van der Waals surface area (Å²) < 4.78 is 20.5. The number of rotatable bonds is 3. The van der Waals surface area contributed by atoms with Gasteiger partial charge in [-0.2, -0.15) is 0 Å². The molecule has 0 N–H and O–H groups in total. The fourth-order valence-electron chi connectivity index (χ4n) is 4.68. The van der Waals surface area contributed by atoms with E-state index < -0.39 is 9.83 Å². The molecule has 0 radical (unpaired) electrons. The molecule has 162 valence electrons. The molecule has 0 unspecified atom stereocenters. The SMILES string of the molecule is COc1ccc2c(c1OC)[C@@H](C(Cl)(Cl)Cl)N1CCc3cc4c(cc3C1=C2C=O)OCO4. The van der Waals surface area contributed by atoms with E-state index in [0.29, 0.717) is 58.4 Å². The van der Waals surface area contributed by atoms with Crippen molar-refractivity contribution >= 4 is 52.4 Å². The van der Waals surface area contributed by atoms with Crippen LogP contribution in [0.4, 0.5) is 0 Å². The fourth-order valence-corrected chi connectivity index (χ4v) is 5.36. The third-order valence-electron chi connectivity index (χ3n) is 5.91. The quantitative estimate of drug-likeness (QED) is 0.463. The first-order valence-corrected chi connectivity index (χ1v) is 10.7. The van der Waals surface area contributed by atoms with Gasteiger partial charge in [0.05, 0.1) is 19.9 Å². The molecule has 1 atom stereocenters. The molecule has 3 aliphatic rings. The smallest absolute Gasteiger partial charge is 0.231 e. The fraction of sp³-hybridized carbons (Fsp3) is 0.318. The minimum absolute atomic E-state index is 0.165. The minimum atomic E-state index is -1.71. The lowest BCUT2D eigenvalue weighted by Gasteiger charge is -2.46. The highest BCUT2D eigenvalue weighted by atomic mass is 35.6. The minimum Gasteiger partial charge on any atom is -0.493 e. The normalized spacial score (nSPS) is 18.9. The van der Waals surface area contributed by atoms with Gasteiger partial charge in [0.2, 0.25) is 10.6 Å². The number of benzene rings is 2. The molecule has 0 saturated carbocycles. The molecular formula is C22H18Cl3NO5. The molecule has 0 bridgehead atoms. The highest BCUT2D eigenvalue weighted by Gasteiger charge is 2.48. The van der Waals surface area contributed by atoms with Gasteiger partial charge in [-0.1, -0.05) is 34.8 Å². The van der Waals surface area contributed by atoms with Crippen molar-refractivity contribution in [3.05, 3.63) is 46.5 Å². The van der Waals surface area contributed by atoms with Crippen LogP contribution in [0.25, 0.3) is 11.3 Å². The van der Waals surface area contributed by atoms with E-state index in [0.717, 1.165) is 17.4 Å². The van der Waals surface area contributed by atoms with Gasteiger partial charge in [0.1, 0.15) is 6.04 Å². The topological polar surface area (TPSA) is 57.2 Å². The van der Waals surface area contributed by atoms with Gasteiger partial charge in [-0.05, 0) is 41.8 Å². The Hall–Kier alpha value is -2.28. The van der Waals surface area contributed by atoms with Crippen LogP contribution in [0.5, 0.6) is 23.0 Å². The van der Waals surface area contributed by atoms with Crippen LogP contribution in [0, 0.1) is 0 Å². The average Bonchev–Trinajstić information content (AvgIpc) is 3.21. The number of nitrogens with zero attached hydrogens (tertiary/aromatic N) is 1. The van der Waals surface area contributed by atoms with Gasteiger partial charge < -0.3 is 23.8 Å². The highest BCUT2D eigenvalue weighted by molar-refractivity contribution is 6.68. The lowest BCUT2D eigenvalue weighted by atomic mass is 9.82. The molecule has 31 heavy (non-hydrogen) atoms. The predicted octanol–water partition coefficient (Wildman–Crippen LogP) is 4.78. The summed E-state index contributed by atoms with van der Waals surface area (Å²) in [6.45, 7) is 0.704. The monoisotopic (exact) mass is 481 g/mol. The van der Waals surface area contributed by atoms with Crippen LogP contribution in [-0.2, 0) is 11.2 Å². The standard InChI is InChI=1S/C22H18Cl3NO5/c1-28-15-4-3-12-14(9-27)19-13-8-17-16(30-10-31-17)7-11(13)5-6-26(19)21(22(23,24)25)18(12)20(15)29-2/h3-4,7-9,21H,5-6,10H2,1-2H3/t21-/m0/s1. The lowest BCUT2D eigenvalue weighted by molar-refractivity contribution is -0.103. The third-order valence-corrected chi connectivity index (χ3v) is 6.53. The Bertz CT molecular complexity index is 1130. The molecule has 0 fully saturated rings. The number of carbonyl (C=O) groups excluding carboxylic acids is 1. The van der Waals surface area contributed by atoms with Crippen molar-refractivity contribution in [3.63, 3.8) is 0 Å². The summed E-state index contributed by atoms with van der Waals surface area (Å²) in [6, 6.07) is 6.70. The van der Waals surface area contributed by atoms with Gasteiger partial charge in [0.15, 0.2) is 29.3 Å². The molecule has 3 aliphatic heterocycles. The summed E-state index contributed by atoms with van der Waals surface area (Å²) in [5.74, 6) is 2.25. The number of carbonyl (C=O) groups is 1. The summed E-state index contributed by atoms with van der Waals surface area (Å²) in [5, 5.41) is 0. The second-order valence-corrected chi connectivity index (χ2v) is 9.76. The van der Waals surface area contributed by atoms with Gasteiger partial charge in [-0.3, -0.25) is 4.79 Å². The van der Waals surface area contributed by atoms with Crippen LogP contribution in [0.1, 0.15) is 28.3 Å². The molecule has 6 nitrogen and oxygen atoms in total. The van der Waals surface area contributed by atoms with E-state index in [4.69, 9.17) is 53.8 Å². The lowest BCUT2D eigenvalue weighted by Crippen LogP contribution is -2.42. The second-order valence-electron chi connectivity index (χ2n) is 7.39. The third kappa shape index (κ3) is 3.04. The van der Waals surface area contributed by atoms with E-state index in [-0.39, 0.29) is 6.79 Å². The van der Waals surface area contributed by atoms with Crippen LogP contribution < -0.4 is 18.9 Å². The van der Waals surface area contributed by atoms with Gasteiger partial charge in [-0.15, -0.1) is 0 Å². The number of methoxy groups -OCH3 is 2. The molecule has 0 saturated heterocycles. The molecule has 2 aromatic rings. The van der Waals surface area contributed by atoms with Crippen molar-refractivity contribution in [1.82, 2.24) is 4.90 Å². The number of ether oxygens (including phenoxy) is 4. The molecule has 2 aromatic carbocycles. The first-order valence-electron chi connectivity index (χ1n) is 9.60. The van der Waals surface area contributed by atoms with E-state index in [1.54, 1.807) is 19.2 Å². The van der Waals surface area contributed by atoms with Crippen LogP contribution in [-0.4, -0.2) is 42.5 Å². The zero-order chi connectivity index (χ0) is 21.9. The summed E-state index contributed by atoms with van der Waals surface area (Å²) >= 11 is 19.6. The second kappa shape index (κ2) is 7.40. The Morgan fingerprint density at radius 1 is 1.10 bits per heavy atom. The molecule has 5 rings (SSSR count). The predicted molar refractivity (Wildman–Crippen MR) is 118 cm³/mol. The number of hydrogen-bond acceptors (Lipinski definition) is 6. The number of halogens is 3. The van der Waals surface area contributed by atoms with E-state index in [1.807, 2.05) is 17.0 Å². The number of hydrogen-bond donors (Lipinski definition) is 0. The largest absolute Gasteiger partial charge is 0.493 e. The first-order chi connectivity index (χ1) is 14.9. The van der Waals surface area contributed by atoms with E-state index in [9.17, 15) is 4.79 Å². The Balaban J connectivity index is 1.85.